The van der Waals surface area contributed by atoms with Gasteiger partial charge >= 0.3 is 5.97 Å². The van der Waals surface area contributed by atoms with Crippen LogP contribution in [0.15, 0.2) is 42.9 Å². The summed E-state index contributed by atoms with van der Waals surface area (Å²) in [6.07, 6.45) is 7.29. The zero-order chi connectivity index (χ0) is 17.9. The van der Waals surface area contributed by atoms with Gasteiger partial charge in [-0.05, 0) is 37.0 Å². The quantitative estimate of drug-likeness (QED) is 0.757. The van der Waals surface area contributed by atoms with E-state index in [1.54, 1.807) is 12.4 Å². The van der Waals surface area contributed by atoms with Crippen molar-refractivity contribution < 1.29 is 14.6 Å². The molecule has 0 unspecified atom stereocenters. The van der Waals surface area contributed by atoms with Crippen LogP contribution in [0.1, 0.15) is 33.9 Å². The Bertz CT molecular complexity index is 960. The molecule has 0 fully saturated rings. The van der Waals surface area contributed by atoms with Gasteiger partial charge in [0.1, 0.15) is 6.61 Å². The third-order valence-corrected chi connectivity index (χ3v) is 4.25. The number of aromatic carboxylic acids is 1. The zero-order valence-corrected chi connectivity index (χ0v) is 13.9. The van der Waals surface area contributed by atoms with E-state index in [0.29, 0.717) is 18.2 Å². The first-order chi connectivity index (χ1) is 12.7. The van der Waals surface area contributed by atoms with Crippen molar-refractivity contribution in [3.05, 3.63) is 65.5 Å². The maximum Gasteiger partial charge on any atom is 0.356 e. The van der Waals surface area contributed by atoms with Crippen molar-refractivity contribution in [2.24, 2.45) is 0 Å². The molecule has 1 N–H and O–H groups in total. The van der Waals surface area contributed by atoms with E-state index in [0.717, 1.165) is 41.8 Å². The molecule has 0 amide bonds. The van der Waals surface area contributed by atoms with Gasteiger partial charge in [-0.2, -0.15) is 0 Å². The monoisotopic (exact) mass is 348 g/mol. The summed E-state index contributed by atoms with van der Waals surface area (Å²) in [5.41, 5.74) is 4.14. The molecule has 130 valence electrons. The number of nitrogens with zero attached hydrogens (tertiary/aromatic N) is 4. The number of rotatable bonds is 5. The standard InChI is InChI=1S/C19H16N4O3/c24-19(25)17-10-20-9-16(22-17)14-8-18(23-15-6-3-5-13(14)15)26-11-12-4-1-2-7-21-12/h1-2,4,7-10H,3,5-6,11H2,(H,24,25). The lowest BCUT2D eigenvalue weighted by Gasteiger charge is -2.12. The van der Waals surface area contributed by atoms with Crippen LogP contribution in [-0.4, -0.2) is 31.0 Å². The lowest BCUT2D eigenvalue weighted by molar-refractivity contribution is 0.0690. The number of ether oxygens (including phenoxy) is 1. The maximum atomic E-state index is 11.2. The number of aromatic nitrogens is 4. The van der Waals surface area contributed by atoms with Crippen LogP contribution in [0.25, 0.3) is 11.3 Å². The fraction of sp³-hybridized carbons (Fsp3) is 0.211. The predicted molar refractivity (Wildman–Crippen MR) is 92.8 cm³/mol. The van der Waals surface area contributed by atoms with Gasteiger partial charge in [0.15, 0.2) is 5.69 Å². The van der Waals surface area contributed by atoms with Crippen molar-refractivity contribution >= 4 is 5.97 Å². The van der Waals surface area contributed by atoms with Crippen molar-refractivity contribution in [1.29, 1.82) is 0 Å². The molecule has 0 saturated heterocycles. The fourth-order valence-corrected chi connectivity index (χ4v) is 3.05. The molecule has 26 heavy (non-hydrogen) atoms. The molecule has 7 heteroatoms. The fourth-order valence-electron chi connectivity index (χ4n) is 3.05. The summed E-state index contributed by atoms with van der Waals surface area (Å²) in [6.45, 7) is 0.312. The predicted octanol–water partition coefficient (Wildman–Crippen LogP) is 2.70. The van der Waals surface area contributed by atoms with Gasteiger partial charge in [0.05, 0.1) is 23.8 Å². The molecule has 0 aliphatic heterocycles. The highest BCUT2D eigenvalue weighted by Crippen LogP contribution is 2.33. The van der Waals surface area contributed by atoms with Crippen LogP contribution in [0.4, 0.5) is 0 Å². The molecule has 7 nitrogen and oxygen atoms in total. The van der Waals surface area contributed by atoms with Gasteiger partial charge in [0, 0.05) is 23.5 Å². The number of pyridine rings is 2. The van der Waals surface area contributed by atoms with Gasteiger partial charge in [-0.15, -0.1) is 0 Å². The first-order valence-electron chi connectivity index (χ1n) is 8.32. The van der Waals surface area contributed by atoms with E-state index in [1.807, 2.05) is 24.3 Å². The second kappa shape index (κ2) is 6.87. The second-order valence-corrected chi connectivity index (χ2v) is 5.99. The van der Waals surface area contributed by atoms with E-state index in [2.05, 4.69) is 19.9 Å². The van der Waals surface area contributed by atoms with Crippen molar-refractivity contribution in [3.63, 3.8) is 0 Å². The Hall–Kier alpha value is -3.35. The SMILES string of the molecule is O=C(O)c1cncc(-c2cc(OCc3ccccn3)nc3c2CCC3)n1. The molecule has 3 aromatic heterocycles. The first kappa shape index (κ1) is 16.1. The Kier molecular flexibility index (Phi) is 4.27. The molecular weight excluding hydrogens is 332 g/mol. The third-order valence-electron chi connectivity index (χ3n) is 4.25. The van der Waals surface area contributed by atoms with Crippen LogP contribution < -0.4 is 4.74 Å². The zero-order valence-electron chi connectivity index (χ0n) is 13.9. The average molecular weight is 348 g/mol. The van der Waals surface area contributed by atoms with Crippen molar-refractivity contribution in [1.82, 2.24) is 19.9 Å². The Labute approximate surface area is 149 Å². The number of carboxylic acids is 1. The highest BCUT2D eigenvalue weighted by atomic mass is 16.5. The summed E-state index contributed by atoms with van der Waals surface area (Å²) < 4.78 is 5.82. The summed E-state index contributed by atoms with van der Waals surface area (Å²) >= 11 is 0. The third kappa shape index (κ3) is 3.23. The minimum Gasteiger partial charge on any atom is -0.476 e. The van der Waals surface area contributed by atoms with Crippen molar-refractivity contribution in [3.8, 4) is 17.1 Å². The normalized spacial score (nSPS) is 12.6. The molecule has 3 heterocycles. The van der Waals surface area contributed by atoms with Crippen LogP contribution in [0.5, 0.6) is 5.88 Å². The van der Waals surface area contributed by atoms with Crippen LogP contribution >= 0.6 is 0 Å². The molecule has 0 saturated carbocycles. The lowest BCUT2D eigenvalue weighted by atomic mass is 10.0. The maximum absolute atomic E-state index is 11.2. The van der Waals surface area contributed by atoms with Crippen LogP contribution in [0, 0.1) is 0 Å². The van der Waals surface area contributed by atoms with Gasteiger partial charge < -0.3 is 9.84 Å². The molecule has 1 aliphatic carbocycles. The summed E-state index contributed by atoms with van der Waals surface area (Å²) in [5, 5.41) is 9.17. The van der Waals surface area contributed by atoms with E-state index in [9.17, 15) is 4.79 Å². The highest BCUT2D eigenvalue weighted by Gasteiger charge is 2.21. The van der Waals surface area contributed by atoms with Gasteiger partial charge in [-0.3, -0.25) is 9.97 Å². The van der Waals surface area contributed by atoms with Crippen molar-refractivity contribution in [2.45, 2.75) is 25.9 Å². The number of carbonyl (C=O) groups is 1. The Morgan fingerprint density at radius 1 is 1.19 bits per heavy atom. The number of hydrogen-bond donors (Lipinski definition) is 1. The molecular formula is C19H16N4O3. The number of aryl methyl sites for hydroxylation is 1. The molecule has 0 atom stereocenters. The minimum absolute atomic E-state index is 0.0815. The first-order valence-corrected chi connectivity index (χ1v) is 8.32. The molecule has 4 rings (SSSR count). The van der Waals surface area contributed by atoms with Gasteiger partial charge in [-0.1, -0.05) is 6.07 Å². The topological polar surface area (TPSA) is 98.1 Å². The summed E-state index contributed by atoms with van der Waals surface area (Å²) in [5.74, 6) is -0.620. The molecule has 0 aromatic carbocycles. The van der Waals surface area contributed by atoms with Gasteiger partial charge in [0.25, 0.3) is 0 Å². The molecule has 3 aromatic rings. The Morgan fingerprint density at radius 3 is 2.92 bits per heavy atom. The van der Waals surface area contributed by atoms with E-state index in [-0.39, 0.29) is 5.69 Å². The Morgan fingerprint density at radius 2 is 2.12 bits per heavy atom. The average Bonchev–Trinajstić information content (AvgIpc) is 3.15. The van der Waals surface area contributed by atoms with E-state index in [1.165, 1.54) is 6.20 Å². The molecule has 0 radical (unpaired) electrons. The van der Waals surface area contributed by atoms with E-state index >= 15 is 0 Å². The summed E-state index contributed by atoms with van der Waals surface area (Å²) in [6, 6.07) is 7.45. The molecule has 0 spiro atoms. The summed E-state index contributed by atoms with van der Waals surface area (Å²) in [4.78, 5) is 28.3. The van der Waals surface area contributed by atoms with Crippen LogP contribution in [0.3, 0.4) is 0 Å². The van der Waals surface area contributed by atoms with Crippen LogP contribution in [0.2, 0.25) is 0 Å². The minimum atomic E-state index is -1.10. The number of fused-ring (bicyclic) bond motifs is 1. The Balaban J connectivity index is 1.69. The largest absolute Gasteiger partial charge is 0.476 e. The van der Waals surface area contributed by atoms with E-state index in [4.69, 9.17) is 9.84 Å². The number of hydrogen-bond acceptors (Lipinski definition) is 6. The number of carboxylic acid groups (broad SMARTS) is 1. The molecule has 0 bridgehead atoms. The van der Waals surface area contributed by atoms with E-state index < -0.39 is 5.97 Å². The van der Waals surface area contributed by atoms with Crippen molar-refractivity contribution in [2.75, 3.05) is 0 Å². The van der Waals surface area contributed by atoms with Gasteiger partial charge in [-0.25, -0.2) is 14.8 Å². The smallest absolute Gasteiger partial charge is 0.356 e. The second-order valence-electron chi connectivity index (χ2n) is 5.99. The van der Waals surface area contributed by atoms with Crippen LogP contribution in [-0.2, 0) is 19.4 Å². The molecule has 1 aliphatic rings. The highest BCUT2D eigenvalue weighted by molar-refractivity contribution is 5.85. The lowest BCUT2D eigenvalue weighted by Crippen LogP contribution is -2.05. The summed E-state index contributed by atoms with van der Waals surface area (Å²) in [7, 11) is 0. The van der Waals surface area contributed by atoms with Gasteiger partial charge in [0.2, 0.25) is 5.88 Å².